The standard InChI is InChI=1S/C13H17NO3S/c1-4-10(11-6-5-7-18-11)14-12(15)8(2)9(3)13(16)17/h5-7,10H,4H2,1-3H3,(H,14,15)(H,16,17). The Morgan fingerprint density at radius 2 is 2.06 bits per heavy atom. The van der Waals surface area contributed by atoms with Gasteiger partial charge in [-0.2, -0.15) is 0 Å². The minimum absolute atomic E-state index is 0.0611. The molecule has 1 amide bonds. The molecule has 1 unspecified atom stereocenters. The average molecular weight is 267 g/mol. The van der Waals surface area contributed by atoms with Gasteiger partial charge >= 0.3 is 5.97 Å². The fraction of sp³-hybridized carbons (Fsp3) is 0.385. The van der Waals surface area contributed by atoms with Gasteiger partial charge in [0.2, 0.25) is 5.91 Å². The molecular formula is C13H17NO3S. The minimum Gasteiger partial charge on any atom is -0.478 e. The Bertz CT molecular complexity index is 463. The van der Waals surface area contributed by atoms with E-state index in [-0.39, 0.29) is 23.1 Å². The van der Waals surface area contributed by atoms with E-state index < -0.39 is 5.97 Å². The number of carboxylic acids is 1. The predicted molar refractivity (Wildman–Crippen MR) is 71.5 cm³/mol. The van der Waals surface area contributed by atoms with Crippen molar-refractivity contribution in [1.29, 1.82) is 0 Å². The zero-order valence-corrected chi connectivity index (χ0v) is 11.5. The van der Waals surface area contributed by atoms with E-state index in [9.17, 15) is 9.59 Å². The third kappa shape index (κ3) is 3.43. The summed E-state index contributed by atoms with van der Waals surface area (Å²) in [6.45, 7) is 4.94. The van der Waals surface area contributed by atoms with Gasteiger partial charge in [0.05, 0.1) is 6.04 Å². The van der Waals surface area contributed by atoms with Crippen molar-refractivity contribution in [3.8, 4) is 0 Å². The van der Waals surface area contributed by atoms with E-state index in [1.165, 1.54) is 13.8 Å². The van der Waals surface area contributed by atoms with Crippen LogP contribution in [0.15, 0.2) is 28.7 Å². The zero-order chi connectivity index (χ0) is 13.7. The van der Waals surface area contributed by atoms with E-state index in [0.29, 0.717) is 0 Å². The summed E-state index contributed by atoms with van der Waals surface area (Å²) in [5.41, 5.74) is 0.325. The third-order valence-electron chi connectivity index (χ3n) is 2.82. The topological polar surface area (TPSA) is 66.4 Å². The Labute approximate surface area is 110 Å². The lowest BCUT2D eigenvalue weighted by molar-refractivity contribution is -0.133. The first-order valence-electron chi connectivity index (χ1n) is 5.72. The molecule has 1 aromatic heterocycles. The molecule has 1 atom stereocenters. The third-order valence-corrected chi connectivity index (χ3v) is 3.81. The van der Waals surface area contributed by atoms with Gasteiger partial charge < -0.3 is 10.4 Å². The fourth-order valence-corrected chi connectivity index (χ4v) is 2.32. The first-order valence-corrected chi connectivity index (χ1v) is 6.60. The summed E-state index contributed by atoms with van der Waals surface area (Å²) in [6, 6.07) is 3.83. The zero-order valence-electron chi connectivity index (χ0n) is 10.7. The molecule has 0 radical (unpaired) electrons. The second-order valence-corrected chi connectivity index (χ2v) is 4.98. The Hall–Kier alpha value is -1.62. The summed E-state index contributed by atoms with van der Waals surface area (Å²) >= 11 is 1.58. The van der Waals surface area contributed by atoms with Gasteiger partial charge in [-0.1, -0.05) is 13.0 Å². The van der Waals surface area contributed by atoms with Crippen LogP contribution in [-0.2, 0) is 9.59 Å². The molecule has 18 heavy (non-hydrogen) atoms. The fourth-order valence-electron chi connectivity index (χ4n) is 1.46. The molecular weight excluding hydrogens is 250 g/mol. The molecule has 0 fully saturated rings. The van der Waals surface area contributed by atoms with Crippen LogP contribution in [0.4, 0.5) is 0 Å². The molecule has 0 aliphatic carbocycles. The van der Waals surface area contributed by atoms with E-state index in [2.05, 4.69) is 5.32 Å². The molecule has 0 saturated carbocycles. The summed E-state index contributed by atoms with van der Waals surface area (Å²) in [5.74, 6) is -1.39. The van der Waals surface area contributed by atoms with Crippen LogP contribution in [0.25, 0.3) is 0 Å². The van der Waals surface area contributed by atoms with E-state index >= 15 is 0 Å². The Kier molecular flexibility index (Phi) is 5.09. The average Bonchev–Trinajstić information content (AvgIpc) is 2.87. The van der Waals surface area contributed by atoms with Gasteiger partial charge in [0.15, 0.2) is 0 Å². The molecule has 2 N–H and O–H groups in total. The molecule has 1 heterocycles. The van der Waals surface area contributed by atoms with E-state index in [0.717, 1.165) is 11.3 Å². The van der Waals surface area contributed by atoms with Gasteiger partial charge in [-0.3, -0.25) is 4.79 Å². The molecule has 98 valence electrons. The molecule has 5 heteroatoms. The monoisotopic (exact) mass is 267 g/mol. The summed E-state index contributed by atoms with van der Waals surface area (Å²) in [4.78, 5) is 23.8. The van der Waals surface area contributed by atoms with Gasteiger partial charge in [-0.05, 0) is 31.7 Å². The van der Waals surface area contributed by atoms with Crippen LogP contribution >= 0.6 is 11.3 Å². The largest absolute Gasteiger partial charge is 0.478 e. The van der Waals surface area contributed by atoms with Gasteiger partial charge in [0, 0.05) is 16.0 Å². The highest BCUT2D eigenvalue weighted by Gasteiger charge is 2.17. The first-order chi connectivity index (χ1) is 8.47. The highest BCUT2D eigenvalue weighted by atomic mass is 32.1. The lowest BCUT2D eigenvalue weighted by Crippen LogP contribution is -2.29. The number of hydrogen-bond donors (Lipinski definition) is 2. The van der Waals surface area contributed by atoms with Crippen molar-refractivity contribution in [1.82, 2.24) is 5.32 Å². The molecule has 0 aliphatic rings. The first kappa shape index (κ1) is 14.4. The van der Waals surface area contributed by atoms with Crippen LogP contribution < -0.4 is 5.32 Å². The van der Waals surface area contributed by atoms with E-state index in [1.807, 2.05) is 24.4 Å². The maximum Gasteiger partial charge on any atom is 0.331 e. The van der Waals surface area contributed by atoms with Gasteiger partial charge in [0.1, 0.15) is 0 Å². The van der Waals surface area contributed by atoms with Crippen LogP contribution in [0.2, 0.25) is 0 Å². The van der Waals surface area contributed by atoms with Gasteiger partial charge in [-0.25, -0.2) is 4.79 Å². The van der Waals surface area contributed by atoms with Crippen LogP contribution in [0.5, 0.6) is 0 Å². The molecule has 0 bridgehead atoms. The van der Waals surface area contributed by atoms with Crippen LogP contribution in [-0.4, -0.2) is 17.0 Å². The smallest absolute Gasteiger partial charge is 0.331 e. The summed E-state index contributed by atoms with van der Waals surface area (Å²) in [5, 5.41) is 13.6. The highest BCUT2D eigenvalue weighted by Crippen LogP contribution is 2.22. The number of amides is 1. The molecule has 0 saturated heterocycles. The summed E-state index contributed by atoms with van der Waals surface area (Å²) < 4.78 is 0. The molecule has 0 aromatic carbocycles. The van der Waals surface area contributed by atoms with Crippen LogP contribution in [0.3, 0.4) is 0 Å². The van der Waals surface area contributed by atoms with E-state index in [4.69, 9.17) is 5.11 Å². The number of nitrogens with one attached hydrogen (secondary N) is 1. The molecule has 1 rings (SSSR count). The number of carbonyl (C=O) groups excluding carboxylic acids is 1. The lowest BCUT2D eigenvalue weighted by atomic mass is 10.1. The molecule has 4 nitrogen and oxygen atoms in total. The lowest BCUT2D eigenvalue weighted by Gasteiger charge is -2.16. The normalized spacial score (nSPS) is 13.7. The quantitative estimate of drug-likeness (QED) is 0.806. The molecule has 1 aromatic rings. The SMILES string of the molecule is CCC(NC(=O)C(C)=C(C)C(=O)O)c1cccs1. The van der Waals surface area contributed by atoms with Gasteiger partial charge in [-0.15, -0.1) is 11.3 Å². The number of thiophene rings is 1. The second-order valence-electron chi connectivity index (χ2n) is 4.00. The Morgan fingerprint density at radius 3 is 2.50 bits per heavy atom. The Balaban J connectivity index is 2.81. The summed E-state index contributed by atoms with van der Waals surface area (Å²) in [7, 11) is 0. The van der Waals surface area contributed by atoms with Crippen LogP contribution in [0.1, 0.15) is 38.1 Å². The summed E-state index contributed by atoms with van der Waals surface area (Å²) in [6.07, 6.45) is 0.769. The minimum atomic E-state index is -1.06. The number of hydrogen-bond acceptors (Lipinski definition) is 3. The van der Waals surface area contributed by atoms with Crippen LogP contribution in [0, 0.1) is 0 Å². The van der Waals surface area contributed by atoms with Crippen molar-refractivity contribution in [2.24, 2.45) is 0 Å². The second kappa shape index (κ2) is 6.35. The van der Waals surface area contributed by atoms with Crippen molar-refractivity contribution in [2.45, 2.75) is 33.2 Å². The predicted octanol–water partition coefficient (Wildman–Crippen LogP) is 2.74. The van der Waals surface area contributed by atoms with E-state index in [1.54, 1.807) is 11.3 Å². The molecule has 0 spiro atoms. The maximum atomic E-state index is 11.9. The van der Waals surface area contributed by atoms with Crippen molar-refractivity contribution in [3.05, 3.63) is 33.5 Å². The maximum absolute atomic E-state index is 11.9. The molecule has 0 aliphatic heterocycles. The number of carboxylic acid groups (broad SMARTS) is 1. The highest BCUT2D eigenvalue weighted by molar-refractivity contribution is 7.10. The van der Waals surface area contributed by atoms with Crippen molar-refractivity contribution in [2.75, 3.05) is 0 Å². The van der Waals surface area contributed by atoms with Crippen molar-refractivity contribution >= 4 is 23.2 Å². The number of carbonyl (C=O) groups is 2. The number of aliphatic carboxylic acids is 1. The van der Waals surface area contributed by atoms with Crippen molar-refractivity contribution < 1.29 is 14.7 Å². The van der Waals surface area contributed by atoms with Gasteiger partial charge in [0.25, 0.3) is 0 Å². The van der Waals surface area contributed by atoms with Crippen molar-refractivity contribution in [3.63, 3.8) is 0 Å². The number of rotatable bonds is 5. The Morgan fingerprint density at radius 1 is 1.39 bits per heavy atom.